The molecule has 0 bridgehead atoms. The molecule has 1 fully saturated rings. The van der Waals surface area contributed by atoms with Gasteiger partial charge in [0.1, 0.15) is 11.6 Å². The molecule has 1 aliphatic rings. The molecule has 0 aromatic carbocycles. The maximum atomic E-state index is 12.6. The molecular weight excluding hydrogens is 368 g/mol. The first-order chi connectivity index (χ1) is 14.1. The number of aromatic nitrogens is 4. The van der Waals surface area contributed by atoms with E-state index in [1.54, 1.807) is 41.8 Å². The topological polar surface area (TPSA) is 93.0 Å². The fraction of sp³-hybridized carbons (Fsp3) is 0.286. The Kier molecular flexibility index (Phi) is 5.33. The highest BCUT2D eigenvalue weighted by molar-refractivity contribution is 5.95. The van der Waals surface area contributed by atoms with Crippen molar-refractivity contribution in [3.63, 3.8) is 0 Å². The van der Waals surface area contributed by atoms with Crippen molar-refractivity contribution in [1.82, 2.24) is 24.4 Å². The van der Waals surface area contributed by atoms with E-state index in [1.165, 1.54) is 0 Å². The molecule has 0 radical (unpaired) electrons. The molecule has 0 spiro atoms. The number of rotatable bonds is 4. The summed E-state index contributed by atoms with van der Waals surface area (Å²) in [5.41, 5.74) is 1.24. The number of nitrogens with zero attached hydrogens (tertiary/aromatic N) is 5. The van der Waals surface area contributed by atoms with Gasteiger partial charge in [0.2, 0.25) is 5.91 Å². The first kappa shape index (κ1) is 18.8. The van der Waals surface area contributed by atoms with E-state index >= 15 is 0 Å². The van der Waals surface area contributed by atoms with E-state index in [2.05, 4.69) is 20.3 Å². The summed E-state index contributed by atoms with van der Waals surface area (Å²) in [7, 11) is 0. The van der Waals surface area contributed by atoms with Gasteiger partial charge >= 0.3 is 0 Å². The molecular formula is C21H22N6O2. The van der Waals surface area contributed by atoms with Gasteiger partial charge in [-0.05, 0) is 44.0 Å². The minimum Gasteiger partial charge on any atom is -0.339 e. The van der Waals surface area contributed by atoms with Crippen LogP contribution in [0.1, 0.15) is 29.0 Å². The molecule has 8 nitrogen and oxygen atoms in total. The van der Waals surface area contributed by atoms with Gasteiger partial charge in [0.25, 0.3) is 5.91 Å². The van der Waals surface area contributed by atoms with Crippen LogP contribution in [0.25, 0.3) is 5.82 Å². The van der Waals surface area contributed by atoms with Gasteiger partial charge in [-0.1, -0.05) is 0 Å². The lowest BCUT2D eigenvalue weighted by Crippen LogP contribution is -2.41. The molecule has 3 aromatic heterocycles. The van der Waals surface area contributed by atoms with E-state index in [1.807, 2.05) is 29.8 Å². The lowest BCUT2D eigenvalue weighted by molar-refractivity contribution is -0.121. The van der Waals surface area contributed by atoms with Crippen molar-refractivity contribution < 1.29 is 9.59 Å². The number of carbonyl (C=O) groups excluding carboxylic acids is 2. The number of anilines is 1. The number of amides is 2. The third-order valence-corrected chi connectivity index (χ3v) is 5.15. The Morgan fingerprint density at radius 3 is 2.52 bits per heavy atom. The molecule has 0 aliphatic carbocycles. The summed E-state index contributed by atoms with van der Waals surface area (Å²) < 4.78 is 1.88. The zero-order valence-electron chi connectivity index (χ0n) is 16.2. The van der Waals surface area contributed by atoms with Gasteiger partial charge in [-0.3, -0.25) is 19.1 Å². The van der Waals surface area contributed by atoms with Crippen molar-refractivity contribution in [2.24, 2.45) is 5.92 Å². The van der Waals surface area contributed by atoms with Crippen molar-refractivity contribution in [2.75, 3.05) is 18.4 Å². The van der Waals surface area contributed by atoms with Crippen molar-refractivity contribution in [3.05, 3.63) is 66.6 Å². The average molecular weight is 390 g/mol. The number of likely N-dealkylation sites (tertiary alicyclic amines) is 1. The lowest BCUT2D eigenvalue weighted by atomic mass is 9.95. The molecule has 29 heavy (non-hydrogen) atoms. The van der Waals surface area contributed by atoms with Crippen LogP contribution in [-0.2, 0) is 4.79 Å². The normalized spacial score (nSPS) is 14.6. The summed E-state index contributed by atoms with van der Waals surface area (Å²) in [5.74, 6) is 1.41. The second-order valence-electron chi connectivity index (χ2n) is 7.05. The number of aryl methyl sites for hydroxylation is 1. The van der Waals surface area contributed by atoms with E-state index in [4.69, 9.17) is 0 Å². The Labute approximate surface area is 168 Å². The van der Waals surface area contributed by atoms with Crippen LogP contribution in [0.5, 0.6) is 0 Å². The third-order valence-electron chi connectivity index (χ3n) is 5.15. The fourth-order valence-corrected chi connectivity index (χ4v) is 3.48. The predicted octanol–water partition coefficient (Wildman–Crippen LogP) is 2.46. The molecule has 148 valence electrons. The molecule has 4 rings (SSSR count). The van der Waals surface area contributed by atoms with Crippen molar-refractivity contribution >= 4 is 17.5 Å². The smallest absolute Gasteiger partial charge is 0.255 e. The molecule has 1 N–H and O–H groups in total. The number of imidazole rings is 1. The lowest BCUT2D eigenvalue weighted by Gasteiger charge is -2.31. The number of carbonyl (C=O) groups is 2. The van der Waals surface area contributed by atoms with Crippen LogP contribution in [0.15, 0.2) is 55.2 Å². The molecule has 0 atom stereocenters. The van der Waals surface area contributed by atoms with Crippen LogP contribution in [0.4, 0.5) is 5.69 Å². The standard InChI is InChI=1S/C21H22N6O2/c1-15-23-9-12-27(15)19-5-4-18(14-24-19)25-20(28)16-6-10-26(11-7-16)21(29)17-3-2-8-22-13-17/h2-5,8-9,12-14,16H,6-7,10-11H2,1H3,(H,25,28). The van der Waals surface area contributed by atoms with Crippen molar-refractivity contribution in [3.8, 4) is 5.82 Å². The zero-order valence-corrected chi connectivity index (χ0v) is 16.2. The predicted molar refractivity (Wildman–Crippen MR) is 108 cm³/mol. The molecule has 2 amide bonds. The maximum absolute atomic E-state index is 12.6. The van der Waals surface area contributed by atoms with Crippen LogP contribution < -0.4 is 5.32 Å². The molecule has 4 heterocycles. The fourth-order valence-electron chi connectivity index (χ4n) is 3.48. The highest BCUT2D eigenvalue weighted by Crippen LogP contribution is 2.21. The Morgan fingerprint density at radius 1 is 1.07 bits per heavy atom. The van der Waals surface area contributed by atoms with Crippen LogP contribution in [-0.4, -0.2) is 49.3 Å². The summed E-state index contributed by atoms with van der Waals surface area (Å²) in [6, 6.07) is 7.19. The molecule has 3 aromatic rings. The van der Waals surface area contributed by atoms with E-state index in [9.17, 15) is 9.59 Å². The Hall–Kier alpha value is -3.55. The summed E-state index contributed by atoms with van der Waals surface area (Å²) in [6.07, 6.45) is 9.70. The maximum Gasteiger partial charge on any atom is 0.255 e. The van der Waals surface area contributed by atoms with Crippen LogP contribution in [0.3, 0.4) is 0 Å². The number of piperidine rings is 1. The van der Waals surface area contributed by atoms with Gasteiger partial charge in [0, 0.05) is 43.8 Å². The minimum atomic E-state index is -0.122. The number of nitrogens with one attached hydrogen (secondary N) is 1. The van der Waals surface area contributed by atoms with Gasteiger partial charge in [0.05, 0.1) is 17.4 Å². The monoisotopic (exact) mass is 390 g/mol. The van der Waals surface area contributed by atoms with Gasteiger partial charge in [-0.2, -0.15) is 0 Å². The number of hydrogen-bond donors (Lipinski definition) is 1. The van der Waals surface area contributed by atoms with Crippen molar-refractivity contribution in [1.29, 1.82) is 0 Å². The number of pyridine rings is 2. The van der Waals surface area contributed by atoms with E-state index in [0.717, 1.165) is 11.6 Å². The quantitative estimate of drug-likeness (QED) is 0.739. The zero-order chi connectivity index (χ0) is 20.2. The van der Waals surface area contributed by atoms with Crippen LogP contribution >= 0.6 is 0 Å². The first-order valence-corrected chi connectivity index (χ1v) is 9.58. The Balaban J connectivity index is 1.32. The third kappa shape index (κ3) is 4.16. The van der Waals surface area contributed by atoms with Gasteiger partial charge in [0.15, 0.2) is 0 Å². The molecule has 1 aliphatic heterocycles. The van der Waals surface area contributed by atoms with Gasteiger partial charge < -0.3 is 10.2 Å². The Morgan fingerprint density at radius 2 is 1.90 bits per heavy atom. The minimum absolute atomic E-state index is 0.0353. The SMILES string of the molecule is Cc1nccn1-c1ccc(NC(=O)C2CCN(C(=O)c3cccnc3)CC2)cn1. The highest BCUT2D eigenvalue weighted by Gasteiger charge is 2.28. The molecule has 0 saturated carbocycles. The summed E-state index contributed by atoms with van der Waals surface area (Å²) in [4.78, 5) is 39.5. The molecule has 8 heteroatoms. The van der Waals surface area contributed by atoms with E-state index in [0.29, 0.717) is 37.2 Å². The van der Waals surface area contributed by atoms with Crippen molar-refractivity contribution in [2.45, 2.75) is 19.8 Å². The molecule has 1 saturated heterocycles. The first-order valence-electron chi connectivity index (χ1n) is 9.58. The van der Waals surface area contributed by atoms with Gasteiger partial charge in [-0.15, -0.1) is 0 Å². The second-order valence-corrected chi connectivity index (χ2v) is 7.05. The molecule has 0 unspecified atom stereocenters. The summed E-state index contributed by atoms with van der Waals surface area (Å²) in [6.45, 7) is 3.02. The second kappa shape index (κ2) is 8.22. The largest absolute Gasteiger partial charge is 0.339 e. The Bertz CT molecular complexity index is 992. The number of hydrogen-bond acceptors (Lipinski definition) is 5. The van der Waals surface area contributed by atoms with E-state index < -0.39 is 0 Å². The van der Waals surface area contributed by atoms with Gasteiger partial charge in [-0.25, -0.2) is 9.97 Å². The van der Waals surface area contributed by atoms with E-state index in [-0.39, 0.29) is 17.7 Å². The highest BCUT2D eigenvalue weighted by atomic mass is 16.2. The van der Waals surface area contributed by atoms with Crippen LogP contribution in [0.2, 0.25) is 0 Å². The summed E-state index contributed by atoms with van der Waals surface area (Å²) in [5, 5.41) is 2.93. The summed E-state index contributed by atoms with van der Waals surface area (Å²) >= 11 is 0. The average Bonchev–Trinajstić information content (AvgIpc) is 3.20. The van der Waals surface area contributed by atoms with Crippen LogP contribution in [0, 0.1) is 12.8 Å².